The van der Waals surface area contributed by atoms with Crippen LogP contribution in [0.2, 0.25) is 0 Å². The molecule has 1 unspecified atom stereocenters. The molecular formula is C15H19NO2. The highest BCUT2D eigenvalue weighted by Crippen LogP contribution is 2.10. The fraction of sp³-hybridized carbons (Fsp3) is 0.400. The monoisotopic (exact) mass is 245 g/mol. The lowest BCUT2D eigenvalue weighted by atomic mass is 10.1. The summed E-state index contributed by atoms with van der Waals surface area (Å²) in [6, 6.07) is 9.02. The Balaban J connectivity index is 2.61. The number of nitrogens with one attached hydrogen (secondary N) is 1. The van der Waals surface area contributed by atoms with Gasteiger partial charge in [-0.25, -0.2) is 0 Å². The van der Waals surface area contributed by atoms with Crippen molar-refractivity contribution in [3.05, 3.63) is 30.3 Å². The predicted octanol–water partition coefficient (Wildman–Crippen LogP) is 2.57. The summed E-state index contributed by atoms with van der Waals surface area (Å²) in [6.07, 6.45) is 2.72. The van der Waals surface area contributed by atoms with Gasteiger partial charge >= 0.3 is 0 Å². The third-order valence-electron chi connectivity index (χ3n) is 2.46. The summed E-state index contributed by atoms with van der Waals surface area (Å²) in [5.41, 5.74) is -0.998. The van der Waals surface area contributed by atoms with Crippen LogP contribution in [0.15, 0.2) is 30.3 Å². The van der Waals surface area contributed by atoms with Crippen LogP contribution in [-0.2, 0) is 4.79 Å². The molecule has 18 heavy (non-hydrogen) atoms. The molecule has 3 heteroatoms. The molecule has 3 nitrogen and oxygen atoms in total. The van der Waals surface area contributed by atoms with Crippen LogP contribution >= 0.6 is 0 Å². The third-order valence-corrected chi connectivity index (χ3v) is 2.46. The average Bonchev–Trinajstić information content (AvgIpc) is 2.36. The van der Waals surface area contributed by atoms with Crippen molar-refractivity contribution in [3.8, 4) is 11.8 Å². The first-order valence-electron chi connectivity index (χ1n) is 6.15. The molecule has 0 heterocycles. The summed E-state index contributed by atoms with van der Waals surface area (Å²) in [5.74, 6) is 4.94. The Hall–Kier alpha value is -1.79. The first-order chi connectivity index (χ1) is 8.56. The SMILES string of the molecule is CCCCC#CC(C)(O)C(=O)Nc1ccccc1. The topological polar surface area (TPSA) is 49.3 Å². The van der Waals surface area contributed by atoms with Crippen LogP contribution in [0.25, 0.3) is 0 Å². The van der Waals surface area contributed by atoms with E-state index < -0.39 is 11.5 Å². The van der Waals surface area contributed by atoms with Crippen LogP contribution in [0, 0.1) is 11.8 Å². The van der Waals surface area contributed by atoms with Gasteiger partial charge in [0.2, 0.25) is 5.60 Å². The lowest BCUT2D eigenvalue weighted by Crippen LogP contribution is -2.38. The van der Waals surface area contributed by atoms with Gasteiger partial charge in [0.25, 0.3) is 5.91 Å². The second kappa shape index (κ2) is 6.83. The third kappa shape index (κ3) is 4.60. The highest BCUT2D eigenvalue weighted by molar-refractivity contribution is 5.99. The van der Waals surface area contributed by atoms with E-state index in [9.17, 15) is 9.90 Å². The standard InChI is InChI=1S/C15H19NO2/c1-3-4-5-9-12-15(2,18)14(17)16-13-10-7-6-8-11-13/h6-8,10-11,18H,3-5H2,1-2H3,(H,16,17). The van der Waals surface area contributed by atoms with E-state index in [2.05, 4.69) is 24.1 Å². The summed E-state index contributed by atoms with van der Waals surface area (Å²) in [7, 11) is 0. The van der Waals surface area contributed by atoms with Crippen molar-refractivity contribution in [2.45, 2.75) is 38.7 Å². The Morgan fingerprint density at radius 2 is 2.06 bits per heavy atom. The molecule has 2 N–H and O–H groups in total. The Kier molecular flexibility index (Phi) is 5.41. The van der Waals surface area contributed by atoms with Crippen molar-refractivity contribution in [2.24, 2.45) is 0 Å². The van der Waals surface area contributed by atoms with E-state index in [0.29, 0.717) is 12.1 Å². The van der Waals surface area contributed by atoms with Crippen LogP contribution in [0.4, 0.5) is 5.69 Å². The van der Waals surface area contributed by atoms with Gasteiger partial charge in [0.05, 0.1) is 0 Å². The number of para-hydroxylation sites is 1. The van der Waals surface area contributed by atoms with Gasteiger partial charge in [0.1, 0.15) is 0 Å². The van der Waals surface area contributed by atoms with E-state index in [1.54, 1.807) is 12.1 Å². The Bertz CT molecular complexity index is 441. The molecule has 0 saturated carbocycles. The van der Waals surface area contributed by atoms with E-state index >= 15 is 0 Å². The minimum absolute atomic E-state index is 0.502. The molecule has 0 spiro atoms. The zero-order chi connectivity index (χ0) is 13.4. The molecule has 96 valence electrons. The number of carbonyl (C=O) groups is 1. The molecule has 1 aromatic carbocycles. The minimum Gasteiger partial charge on any atom is -0.370 e. The van der Waals surface area contributed by atoms with Crippen LogP contribution in [0.3, 0.4) is 0 Å². The molecule has 0 saturated heterocycles. The van der Waals surface area contributed by atoms with E-state index in [0.717, 1.165) is 12.8 Å². The second-order valence-electron chi connectivity index (χ2n) is 4.30. The van der Waals surface area contributed by atoms with E-state index in [-0.39, 0.29) is 0 Å². The first kappa shape index (κ1) is 14.3. The average molecular weight is 245 g/mol. The van der Waals surface area contributed by atoms with Crippen molar-refractivity contribution < 1.29 is 9.90 Å². The van der Waals surface area contributed by atoms with E-state index in [4.69, 9.17) is 0 Å². The van der Waals surface area contributed by atoms with Crippen LogP contribution in [0.1, 0.15) is 33.1 Å². The number of unbranched alkanes of at least 4 members (excludes halogenated alkanes) is 2. The number of hydrogen-bond acceptors (Lipinski definition) is 2. The van der Waals surface area contributed by atoms with Crippen LogP contribution < -0.4 is 5.32 Å². The Morgan fingerprint density at radius 1 is 1.39 bits per heavy atom. The van der Waals surface area contributed by atoms with Crippen molar-refractivity contribution >= 4 is 11.6 Å². The van der Waals surface area contributed by atoms with Gasteiger partial charge in [-0.15, -0.1) is 0 Å². The summed E-state index contributed by atoms with van der Waals surface area (Å²) in [6.45, 7) is 3.48. The van der Waals surface area contributed by atoms with Gasteiger partial charge in [0, 0.05) is 12.1 Å². The molecule has 0 aliphatic rings. The predicted molar refractivity (Wildman–Crippen MR) is 73.0 cm³/mol. The molecule has 0 bridgehead atoms. The highest BCUT2D eigenvalue weighted by Gasteiger charge is 2.27. The lowest BCUT2D eigenvalue weighted by Gasteiger charge is -2.15. The number of anilines is 1. The van der Waals surface area contributed by atoms with Crippen molar-refractivity contribution in [2.75, 3.05) is 5.32 Å². The number of benzene rings is 1. The molecule has 1 atom stereocenters. The minimum atomic E-state index is -1.65. The Morgan fingerprint density at radius 3 is 2.67 bits per heavy atom. The summed E-state index contributed by atoms with van der Waals surface area (Å²) in [5, 5.41) is 12.6. The fourth-order valence-electron chi connectivity index (χ4n) is 1.33. The maximum absolute atomic E-state index is 11.8. The van der Waals surface area contributed by atoms with E-state index in [1.165, 1.54) is 6.92 Å². The van der Waals surface area contributed by atoms with Crippen LogP contribution in [-0.4, -0.2) is 16.6 Å². The van der Waals surface area contributed by atoms with E-state index in [1.807, 2.05) is 18.2 Å². The zero-order valence-electron chi connectivity index (χ0n) is 10.9. The largest absolute Gasteiger partial charge is 0.370 e. The number of aliphatic hydroxyl groups is 1. The number of amides is 1. The normalized spacial score (nSPS) is 13.1. The van der Waals surface area contributed by atoms with Gasteiger partial charge in [-0.1, -0.05) is 43.4 Å². The highest BCUT2D eigenvalue weighted by atomic mass is 16.3. The molecule has 0 aliphatic carbocycles. The fourth-order valence-corrected chi connectivity index (χ4v) is 1.33. The van der Waals surface area contributed by atoms with Crippen molar-refractivity contribution in [1.82, 2.24) is 0 Å². The molecule has 0 radical (unpaired) electrons. The summed E-state index contributed by atoms with van der Waals surface area (Å²) in [4.78, 5) is 11.8. The molecular weight excluding hydrogens is 226 g/mol. The quantitative estimate of drug-likeness (QED) is 0.632. The second-order valence-corrected chi connectivity index (χ2v) is 4.30. The summed E-state index contributed by atoms with van der Waals surface area (Å²) < 4.78 is 0. The molecule has 1 aromatic rings. The van der Waals surface area contributed by atoms with Gasteiger partial charge < -0.3 is 10.4 Å². The zero-order valence-corrected chi connectivity index (χ0v) is 10.9. The van der Waals surface area contributed by atoms with Crippen molar-refractivity contribution in [1.29, 1.82) is 0 Å². The maximum Gasteiger partial charge on any atom is 0.268 e. The van der Waals surface area contributed by atoms with Gasteiger partial charge in [0.15, 0.2) is 0 Å². The summed E-state index contributed by atoms with van der Waals surface area (Å²) >= 11 is 0. The molecule has 0 fully saturated rings. The van der Waals surface area contributed by atoms with Gasteiger partial charge in [-0.3, -0.25) is 4.79 Å². The van der Waals surface area contributed by atoms with Crippen LogP contribution in [0.5, 0.6) is 0 Å². The molecule has 0 aromatic heterocycles. The first-order valence-corrected chi connectivity index (χ1v) is 6.15. The molecule has 0 aliphatic heterocycles. The lowest BCUT2D eigenvalue weighted by molar-refractivity contribution is -0.127. The maximum atomic E-state index is 11.8. The molecule has 1 amide bonds. The smallest absolute Gasteiger partial charge is 0.268 e. The number of hydrogen-bond donors (Lipinski definition) is 2. The number of rotatable bonds is 4. The van der Waals surface area contributed by atoms with Crippen molar-refractivity contribution in [3.63, 3.8) is 0 Å². The Labute approximate surface area is 108 Å². The number of carbonyl (C=O) groups excluding carboxylic acids is 1. The molecule has 1 rings (SSSR count). The van der Waals surface area contributed by atoms with Gasteiger partial charge in [-0.2, -0.15) is 0 Å². The van der Waals surface area contributed by atoms with Gasteiger partial charge in [-0.05, 0) is 25.5 Å².